The zero-order valence-corrected chi connectivity index (χ0v) is 9.10. The van der Waals surface area contributed by atoms with Crippen molar-refractivity contribution >= 4 is 5.97 Å². The van der Waals surface area contributed by atoms with Crippen LogP contribution in [0.1, 0.15) is 42.9 Å². The zero-order chi connectivity index (χ0) is 11.4. The van der Waals surface area contributed by atoms with Crippen LogP contribution in [-0.2, 0) is 4.74 Å². The molecule has 1 rings (SSSR count). The van der Waals surface area contributed by atoms with Gasteiger partial charge in [-0.25, -0.2) is 9.78 Å². The van der Waals surface area contributed by atoms with E-state index >= 15 is 0 Å². The Labute approximate surface area is 88.9 Å². The molecule has 0 saturated heterocycles. The van der Waals surface area contributed by atoms with Gasteiger partial charge in [-0.1, -0.05) is 6.07 Å². The summed E-state index contributed by atoms with van der Waals surface area (Å²) in [5, 5.41) is 9.44. The van der Waals surface area contributed by atoms with E-state index in [4.69, 9.17) is 4.74 Å². The standard InChI is InChI=1S/C11H15NO3/c1-7(2)15-11(14)10-9(8(3)13)5-4-6-12-10/h4-8,13H,1-3H3. The lowest BCUT2D eigenvalue weighted by Gasteiger charge is -2.11. The van der Waals surface area contributed by atoms with Crippen LogP contribution < -0.4 is 0 Å². The summed E-state index contributed by atoms with van der Waals surface area (Å²) in [6.07, 6.45) is 0.581. The van der Waals surface area contributed by atoms with Crippen molar-refractivity contribution in [3.63, 3.8) is 0 Å². The fraction of sp³-hybridized carbons (Fsp3) is 0.455. The number of aliphatic hydroxyl groups excluding tert-OH is 1. The number of carbonyl (C=O) groups is 1. The van der Waals surface area contributed by atoms with Crippen molar-refractivity contribution in [2.75, 3.05) is 0 Å². The molecule has 4 heteroatoms. The first-order valence-electron chi connectivity index (χ1n) is 4.86. The normalized spacial score (nSPS) is 12.6. The third-order valence-electron chi connectivity index (χ3n) is 1.83. The molecule has 0 saturated carbocycles. The number of esters is 1. The van der Waals surface area contributed by atoms with Gasteiger partial charge in [-0.2, -0.15) is 0 Å². The Balaban J connectivity index is 2.97. The molecule has 82 valence electrons. The molecule has 1 N–H and O–H groups in total. The first kappa shape index (κ1) is 11.7. The minimum atomic E-state index is -0.728. The summed E-state index contributed by atoms with van der Waals surface area (Å²) in [6, 6.07) is 3.34. The fourth-order valence-electron chi connectivity index (χ4n) is 1.20. The van der Waals surface area contributed by atoms with Gasteiger partial charge in [-0.05, 0) is 26.8 Å². The Morgan fingerprint density at radius 3 is 2.67 bits per heavy atom. The quantitative estimate of drug-likeness (QED) is 0.770. The maximum absolute atomic E-state index is 11.6. The van der Waals surface area contributed by atoms with Gasteiger partial charge in [0.15, 0.2) is 5.69 Å². The molecule has 0 spiro atoms. The lowest BCUT2D eigenvalue weighted by molar-refractivity contribution is 0.0364. The van der Waals surface area contributed by atoms with Crippen molar-refractivity contribution in [2.45, 2.75) is 33.0 Å². The molecule has 4 nitrogen and oxygen atoms in total. The number of aromatic nitrogens is 1. The summed E-state index contributed by atoms with van der Waals surface area (Å²) in [6.45, 7) is 5.12. The molecule has 0 aromatic carbocycles. The van der Waals surface area contributed by atoms with E-state index in [1.807, 2.05) is 0 Å². The van der Waals surface area contributed by atoms with Crippen LogP contribution in [0.15, 0.2) is 18.3 Å². The van der Waals surface area contributed by atoms with Gasteiger partial charge < -0.3 is 9.84 Å². The highest BCUT2D eigenvalue weighted by Gasteiger charge is 2.17. The number of carbonyl (C=O) groups excluding carboxylic acids is 1. The van der Waals surface area contributed by atoms with Crippen molar-refractivity contribution in [2.24, 2.45) is 0 Å². The van der Waals surface area contributed by atoms with E-state index in [1.54, 1.807) is 32.9 Å². The van der Waals surface area contributed by atoms with Gasteiger partial charge >= 0.3 is 5.97 Å². The van der Waals surface area contributed by atoms with Crippen molar-refractivity contribution in [3.05, 3.63) is 29.6 Å². The molecule has 0 amide bonds. The fourth-order valence-corrected chi connectivity index (χ4v) is 1.20. The van der Waals surface area contributed by atoms with Gasteiger partial charge in [0.2, 0.25) is 0 Å². The third kappa shape index (κ3) is 3.02. The maximum atomic E-state index is 11.6. The van der Waals surface area contributed by atoms with Crippen LogP contribution in [-0.4, -0.2) is 22.2 Å². The largest absolute Gasteiger partial charge is 0.458 e. The minimum Gasteiger partial charge on any atom is -0.458 e. The van der Waals surface area contributed by atoms with Crippen LogP contribution in [0.2, 0.25) is 0 Å². The zero-order valence-electron chi connectivity index (χ0n) is 9.10. The van der Waals surface area contributed by atoms with Crippen LogP contribution in [0.25, 0.3) is 0 Å². The van der Waals surface area contributed by atoms with Crippen LogP contribution >= 0.6 is 0 Å². The van der Waals surface area contributed by atoms with Crippen molar-refractivity contribution in [1.29, 1.82) is 0 Å². The van der Waals surface area contributed by atoms with Gasteiger partial charge in [0.1, 0.15) is 0 Å². The third-order valence-corrected chi connectivity index (χ3v) is 1.83. The molecule has 1 unspecified atom stereocenters. The molecule has 0 fully saturated rings. The Hall–Kier alpha value is -1.42. The molecule has 0 radical (unpaired) electrons. The molecule has 0 aliphatic carbocycles. The Morgan fingerprint density at radius 1 is 1.47 bits per heavy atom. The van der Waals surface area contributed by atoms with Crippen LogP contribution in [0.4, 0.5) is 0 Å². The molecule has 0 aliphatic rings. The number of hydrogen-bond donors (Lipinski definition) is 1. The van der Waals surface area contributed by atoms with Crippen LogP contribution in [0, 0.1) is 0 Å². The maximum Gasteiger partial charge on any atom is 0.357 e. The minimum absolute atomic E-state index is 0.182. The molecule has 0 aliphatic heterocycles. The number of ether oxygens (including phenoxy) is 1. The SMILES string of the molecule is CC(C)OC(=O)c1ncccc1C(C)O. The van der Waals surface area contributed by atoms with Gasteiger partial charge in [0.25, 0.3) is 0 Å². The molecule has 1 aromatic heterocycles. The van der Waals surface area contributed by atoms with Crippen LogP contribution in [0.3, 0.4) is 0 Å². The lowest BCUT2D eigenvalue weighted by atomic mass is 10.1. The van der Waals surface area contributed by atoms with E-state index in [0.717, 1.165) is 0 Å². The van der Waals surface area contributed by atoms with E-state index in [-0.39, 0.29) is 11.8 Å². The summed E-state index contributed by atoms with van der Waals surface area (Å²) < 4.78 is 5.01. The topological polar surface area (TPSA) is 59.4 Å². The predicted octanol–water partition coefficient (Wildman–Crippen LogP) is 1.70. The molecular formula is C11H15NO3. The average molecular weight is 209 g/mol. The van der Waals surface area contributed by atoms with Crippen molar-refractivity contribution in [1.82, 2.24) is 4.98 Å². The predicted molar refractivity (Wildman–Crippen MR) is 55.4 cm³/mol. The molecule has 15 heavy (non-hydrogen) atoms. The summed E-state index contributed by atoms with van der Waals surface area (Å²) in [4.78, 5) is 15.5. The second-order valence-electron chi connectivity index (χ2n) is 3.57. The second kappa shape index (κ2) is 4.89. The first-order chi connectivity index (χ1) is 7.02. The van der Waals surface area contributed by atoms with E-state index in [9.17, 15) is 9.90 Å². The summed E-state index contributed by atoms with van der Waals surface area (Å²) in [5.74, 6) is -0.499. The van der Waals surface area contributed by atoms with E-state index in [1.165, 1.54) is 6.20 Å². The monoisotopic (exact) mass is 209 g/mol. The van der Waals surface area contributed by atoms with Gasteiger partial charge in [-0.3, -0.25) is 0 Å². The van der Waals surface area contributed by atoms with Crippen molar-refractivity contribution in [3.8, 4) is 0 Å². The second-order valence-corrected chi connectivity index (χ2v) is 3.57. The van der Waals surface area contributed by atoms with Gasteiger partial charge in [0.05, 0.1) is 12.2 Å². The Kier molecular flexibility index (Phi) is 3.80. The number of nitrogens with zero attached hydrogens (tertiary/aromatic N) is 1. The number of aliphatic hydroxyl groups is 1. The molecule has 1 aromatic rings. The van der Waals surface area contributed by atoms with Crippen LogP contribution in [0.5, 0.6) is 0 Å². The summed E-state index contributed by atoms with van der Waals surface area (Å²) in [5.41, 5.74) is 0.671. The first-order valence-corrected chi connectivity index (χ1v) is 4.86. The summed E-state index contributed by atoms with van der Waals surface area (Å²) >= 11 is 0. The highest BCUT2D eigenvalue weighted by atomic mass is 16.5. The Bertz CT molecular complexity index is 347. The molecule has 0 bridgehead atoms. The number of hydrogen-bond acceptors (Lipinski definition) is 4. The lowest BCUT2D eigenvalue weighted by Crippen LogP contribution is -2.16. The summed E-state index contributed by atoms with van der Waals surface area (Å²) in [7, 11) is 0. The molecule has 1 atom stereocenters. The Morgan fingerprint density at radius 2 is 2.13 bits per heavy atom. The highest BCUT2D eigenvalue weighted by Crippen LogP contribution is 2.16. The van der Waals surface area contributed by atoms with E-state index in [0.29, 0.717) is 5.56 Å². The molecular weight excluding hydrogens is 194 g/mol. The smallest absolute Gasteiger partial charge is 0.357 e. The average Bonchev–Trinajstić information content (AvgIpc) is 2.16. The van der Waals surface area contributed by atoms with E-state index in [2.05, 4.69) is 4.98 Å². The highest BCUT2D eigenvalue weighted by molar-refractivity contribution is 5.89. The van der Waals surface area contributed by atoms with E-state index < -0.39 is 12.1 Å². The van der Waals surface area contributed by atoms with Gasteiger partial charge in [0, 0.05) is 11.8 Å². The van der Waals surface area contributed by atoms with Gasteiger partial charge in [-0.15, -0.1) is 0 Å². The number of rotatable bonds is 3. The molecule has 1 heterocycles. The number of pyridine rings is 1. The van der Waals surface area contributed by atoms with Crippen molar-refractivity contribution < 1.29 is 14.6 Å².